The Balaban J connectivity index is 1.98. The van der Waals surface area contributed by atoms with Gasteiger partial charge in [0.15, 0.2) is 0 Å². The molecule has 0 saturated heterocycles. The van der Waals surface area contributed by atoms with Crippen molar-refractivity contribution in [1.29, 1.82) is 0 Å². The first-order valence-electron chi connectivity index (χ1n) is 6.35. The molecule has 2 aromatic carbocycles. The average molecular weight is 282 g/mol. The molecule has 0 aliphatic heterocycles. The number of hydrogen-bond donors (Lipinski definition) is 1. The predicted octanol–water partition coefficient (Wildman–Crippen LogP) is 3.56. The Morgan fingerprint density at radius 3 is 2.29 bits per heavy atom. The van der Waals surface area contributed by atoms with Gasteiger partial charge >= 0.3 is 0 Å². The van der Waals surface area contributed by atoms with E-state index in [0.717, 1.165) is 16.8 Å². The van der Waals surface area contributed by atoms with Crippen LogP contribution in [-0.2, 0) is 4.79 Å². The van der Waals surface area contributed by atoms with Gasteiger partial charge in [0, 0.05) is 23.9 Å². The van der Waals surface area contributed by atoms with Crippen molar-refractivity contribution in [2.75, 3.05) is 5.32 Å². The number of aryl methyl sites for hydroxylation is 1. The van der Waals surface area contributed by atoms with Crippen LogP contribution < -0.4 is 5.32 Å². The summed E-state index contributed by atoms with van der Waals surface area (Å²) in [5.74, 6) is -0.253. The van der Waals surface area contributed by atoms with E-state index >= 15 is 0 Å². The van der Waals surface area contributed by atoms with Crippen LogP contribution in [0.3, 0.4) is 0 Å². The highest BCUT2D eigenvalue weighted by Crippen LogP contribution is 2.13. The van der Waals surface area contributed by atoms with E-state index in [1.54, 1.807) is 18.2 Å². The van der Waals surface area contributed by atoms with Gasteiger partial charge < -0.3 is 5.32 Å². The number of non-ortho nitro benzene ring substituents is 1. The van der Waals surface area contributed by atoms with Crippen molar-refractivity contribution in [3.05, 3.63) is 75.8 Å². The summed E-state index contributed by atoms with van der Waals surface area (Å²) >= 11 is 0. The first kappa shape index (κ1) is 14.5. The summed E-state index contributed by atoms with van der Waals surface area (Å²) in [5, 5.41) is 13.3. The lowest BCUT2D eigenvalue weighted by molar-refractivity contribution is -0.384. The number of hydrogen-bond acceptors (Lipinski definition) is 3. The fourth-order valence-corrected chi connectivity index (χ4v) is 1.70. The molecule has 0 spiro atoms. The number of nitro groups is 1. The number of nitro benzene ring substituents is 1. The smallest absolute Gasteiger partial charge is 0.269 e. The second-order valence-electron chi connectivity index (χ2n) is 4.54. The highest BCUT2D eigenvalue weighted by Gasteiger charge is 2.02. The first-order chi connectivity index (χ1) is 10.0. The van der Waals surface area contributed by atoms with E-state index in [0.29, 0.717) is 0 Å². The van der Waals surface area contributed by atoms with Crippen LogP contribution in [0.2, 0.25) is 0 Å². The van der Waals surface area contributed by atoms with Gasteiger partial charge in [-0.15, -0.1) is 0 Å². The standard InChI is InChI=1S/C16H14N2O3/c1-12-2-7-14(8-3-12)17-16(19)11-6-13-4-9-15(10-5-13)18(20)21/h2-11H,1H3,(H,17,19)/b11-6+. The molecule has 0 aliphatic carbocycles. The quantitative estimate of drug-likeness (QED) is 0.529. The van der Waals surface area contributed by atoms with Crippen LogP contribution in [0.15, 0.2) is 54.6 Å². The van der Waals surface area contributed by atoms with Gasteiger partial charge in [0.2, 0.25) is 5.91 Å². The van der Waals surface area contributed by atoms with E-state index in [4.69, 9.17) is 0 Å². The molecule has 21 heavy (non-hydrogen) atoms. The Morgan fingerprint density at radius 2 is 1.71 bits per heavy atom. The summed E-state index contributed by atoms with van der Waals surface area (Å²) in [6.07, 6.45) is 2.99. The Bertz CT molecular complexity index is 674. The molecule has 0 heterocycles. The molecule has 0 aromatic heterocycles. The van der Waals surface area contributed by atoms with Gasteiger partial charge in [-0.1, -0.05) is 17.7 Å². The summed E-state index contributed by atoms with van der Waals surface area (Å²) in [7, 11) is 0. The molecule has 0 aliphatic rings. The third-order valence-corrected chi connectivity index (χ3v) is 2.85. The number of benzene rings is 2. The Labute approximate surface area is 122 Å². The molecular weight excluding hydrogens is 268 g/mol. The fourth-order valence-electron chi connectivity index (χ4n) is 1.70. The van der Waals surface area contributed by atoms with E-state index in [2.05, 4.69) is 5.32 Å². The maximum atomic E-state index is 11.7. The molecule has 0 saturated carbocycles. The molecule has 0 atom stereocenters. The van der Waals surface area contributed by atoms with Crippen molar-refractivity contribution in [1.82, 2.24) is 0 Å². The van der Waals surface area contributed by atoms with E-state index < -0.39 is 4.92 Å². The van der Waals surface area contributed by atoms with Crippen molar-refractivity contribution >= 4 is 23.4 Å². The fraction of sp³-hybridized carbons (Fsp3) is 0.0625. The van der Waals surface area contributed by atoms with Gasteiger partial charge in [0.1, 0.15) is 0 Å². The topological polar surface area (TPSA) is 72.2 Å². The largest absolute Gasteiger partial charge is 0.323 e. The molecule has 2 rings (SSSR count). The summed E-state index contributed by atoms with van der Waals surface area (Å²) in [6, 6.07) is 13.5. The van der Waals surface area contributed by atoms with Crippen molar-refractivity contribution in [2.24, 2.45) is 0 Å². The Hall–Kier alpha value is -2.95. The van der Waals surface area contributed by atoms with Crippen molar-refractivity contribution in [2.45, 2.75) is 6.92 Å². The maximum absolute atomic E-state index is 11.7. The zero-order chi connectivity index (χ0) is 15.2. The first-order valence-corrected chi connectivity index (χ1v) is 6.35. The van der Waals surface area contributed by atoms with Crippen molar-refractivity contribution in [3.63, 3.8) is 0 Å². The third kappa shape index (κ3) is 4.28. The number of anilines is 1. The second-order valence-corrected chi connectivity index (χ2v) is 4.54. The minimum atomic E-state index is -0.461. The monoisotopic (exact) mass is 282 g/mol. The molecule has 5 heteroatoms. The molecule has 2 aromatic rings. The number of rotatable bonds is 4. The van der Waals surface area contributed by atoms with Crippen molar-refractivity contribution in [3.8, 4) is 0 Å². The van der Waals surface area contributed by atoms with Crippen LogP contribution in [0.1, 0.15) is 11.1 Å². The third-order valence-electron chi connectivity index (χ3n) is 2.85. The minimum absolute atomic E-state index is 0.0243. The van der Waals surface area contributed by atoms with Gasteiger partial charge in [-0.25, -0.2) is 0 Å². The second kappa shape index (κ2) is 6.47. The van der Waals surface area contributed by atoms with Crippen LogP contribution in [0.5, 0.6) is 0 Å². The number of nitrogens with zero attached hydrogens (tertiary/aromatic N) is 1. The highest BCUT2D eigenvalue weighted by atomic mass is 16.6. The normalized spacial score (nSPS) is 10.5. The van der Waals surface area contributed by atoms with E-state index in [9.17, 15) is 14.9 Å². The van der Waals surface area contributed by atoms with Gasteiger partial charge in [-0.3, -0.25) is 14.9 Å². The van der Waals surface area contributed by atoms with Crippen LogP contribution in [0.25, 0.3) is 6.08 Å². The van der Waals surface area contributed by atoms with E-state index in [1.807, 2.05) is 31.2 Å². The molecular formula is C16H14N2O3. The van der Waals surface area contributed by atoms with Crippen LogP contribution in [-0.4, -0.2) is 10.8 Å². The number of amides is 1. The van der Waals surface area contributed by atoms with Crippen molar-refractivity contribution < 1.29 is 9.72 Å². The number of carbonyl (C=O) groups is 1. The Morgan fingerprint density at radius 1 is 1.10 bits per heavy atom. The Kier molecular flexibility index (Phi) is 4.46. The molecule has 1 amide bonds. The summed E-state index contributed by atoms with van der Waals surface area (Å²) in [5.41, 5.74) is 2.59. The lowest BCUT2D eigenvalue weighted by Crippen LogP contribution is -2.07. The van der Waals surface area contributed by atoms with E-state index in [-0.39, 0.29) is 11.6 Å². The van der Waals surface area contributed by atoms with Gasteiger partial charge in [-0.2, -0.15) is 0 Å². The lowest BCUT2D eigenvalue weighted by atomic mass is 10.2. The minimum Gasteiger partial charge on any atom is -0.323 e. The predicted molar refractivity (Wildman–Crippen MR) is 81.9 cm³/mol. The molecule has 5 nitrogen and oxygen atoms in total. The zero-order valence-corrected chi connectivity index (χ0v) is 11.4. The molecule has 106 valence electrons. The molecule has 0 fully saturated rings. The van der Waals surface area contributed by atoms with Gasteiger partial charge in [0.05, 0.1) is 4.92 Å². The summed E-state index contributed by atoms with van der Waals surface area (Å²) in [4.78, 5) is 21.8. The zero-order valence-electron chi connectivity index (χ0n) is 11.4. The summed E-state index contributed by atoms with van der Waals surface area (Å²) < 4.78 is 0. The van der Waals surface area contributed by atoms with Crippen LogP contribution in [0.4, 0.5) is 11.4 Å². The molecule has 0 unspecified atom stereocenters. The average Bonchev–Trinajstić information content (AvgIpc) is 2.48. The molecule has 0 bridgehead atoms. The highest BCUT2D eigenvalue weighted by molar-refractivity contribution is 6.01. The SMILES string of the molecule is Cc1ccc(NC(=O)/C=C/c2ccc([N+](=O)[O-])cc2)cc1. The lowest BCUT2D eigenvalue weighted by Gasteiger charge is -2.02. The van der Waals surface area contributed by atoms with Gasteiger partial charge in [0.25, 0.3) is 5.69 Å². The van der Waals surface area contributed by atoms with E-state index in [1.165, 1.54) is 18.2 Å². The molecule has 0 radical (unpaired) electrons. The van der Waals surface area contributed by atoms with Crippen LogP contribution >= 0.6 is 0 Å². The number of carbonyl (C=O) groups excluding carboxylic acids is 1. The summed E-state index contributed by atoms with van der Waals surface area (Å²) in [6.45, 7) is 1.97. The van der Waals surface area contributed by atoms with Gasteiger partial charge in [-0.05, 0) is 42.8 Å². The number of nitrogens with one attached hydrogen (secondary N) is 1. The van der Waals surface area contributed by atoms with Crippen LogP contribution in [0, 0.1) is 17.0 Å². The maximum Gasteiger partial charge on any atom is 0.269 e. The molecule has 1 N–H and O–H groups in total.